The van der Waals surface area contributed by atoms with Gasteiger partial charge in [0.05, 0.1) is 19.8 Å². The van der Waals surface area contributed by atoms with Crippen LogP contribution in [0, 0.1) is 6.92 Å². The van der Waals surface area contributed by atoms with E-state index in [1.165, 1.54) is 7.11 Å². The zero-order valence-corrected chi connectivity index (χ0v) is 13.9. The van der Waals surface area contributed by atoms with Gasteiger partial charge in [0.25, 0.3) is 5.91 Å². The van der Waals surface area contributed by atoms with Gasteiger partial charge >= 0.3 is 0 Å². The number of nitrogens with two attached hydrogens (primary N) is 1. The van der Waals surface area contributed by atoms with Crippen LogP contribution in [0.4, 0.5) is 0 Å². The molecule has 2 rings (SSSR count). The van der Waals surface area contributed by atoms with Crippen LogP contribution in [0.1, 0.15) is 31.8 Å². The van der Waals surface area contributed by atoms with E-state index < -0.39 is 5.91 Å². The van der Waals surface area contributed by atoms with Crippen LogP contribution >= 0.6 is 0 Å². The van der Waals surface area contributed by atoms with Crippen LogP contribution in [0.5, 0.6) is 11.5 Å². The standard InChI is InChI=1S/C18H20N2O4/c1-11-14(17(19)21)8-9-15(24-3)16(11)18(22)20-10-12-4-6-13(23-2)7-5-12/h4-9H,10H2,1-3H3,(H2,19,21)(H,20,22). The maximum Gasteiger partial charge on any atom is 0.255 e. The molecular weight excluding hydrogens is 308 g/mol. The molecule has 2 amide bonds. The molecule has 0 spiro atoms. The molecule has 126 valence electrons. The van der Waals surface area contributed by atoms with Crippen LogP contribution in [-0.2, 0) is 6.54 Å². The fourth-order valence-corrected chi connectivity index (χ4v) is 2.42. The molecule has 6 heteroatoms. The smallest absolute Gasteiger partial charge is 0.255 e. The molecule has 0 heterocycles. The molecule has 0 unspecified atom stereocenters. The van der Waals surface area contributed by atoms with Gasteiger partial charge < -0.3 is 20.5 Å². The van der Waals surface area contributed by atoms with Crippen molar-refractivity contribution in [3.63, 3.8) is 0 Å². The van der Waals surface area contributed by atoms with Gasteiger partial charge in [0, 0.05) is 12.1 Å². The number of hydrogen-bond donors (Lipinski definition) is 2. The summed E-state index contributed by atoms with van der Waals surface area (Å²) in [7, 11) is 3.07. The number of hydrogen-bond acceptors (Lipinski definition) is 4. The minimum Gasteiger partial charge on any atom is -0.497 e. The molecule has 3 N–H and O–H groups in total. The highest BCUT2D eigenvalue weighted by Gasteiger charge is 2.19. The van der Waals surface area contributed by atoms with Crippen molar-refractivity contribution in [3.8, 4) is 11.5 Å². The largest absolute Gasteiger partial charge is 0.497 e. The van der Waals surface area contributed by atoms with Gasteiger partial charge in [0.1, 0.15) is 11.5 Å². The predicted molar refractivity (Wildman–Crippen MR) is 90.4 cm³/mol. The van der Waals surface area contributed by atoms with E-state index in [0.29, 0.717) is 29.0 Å². The lowest BCUT2D eigenvalue weighted by Crippen LogP contribution is -2.25. The minimum atomic E-state index is -0.584. The molecule has 0 radical (unpaired) electrons. The van der Waals surface area contributed by atoms with Crippen molar-refractivity contribution in [3.05, 3.63) is 58.7 Å². The molecule has 0 aromatic heterocycles. The zero-order chi connectivity index (χ0) is 17.7. The van der Waals surface area contributed by atoms with Gasteiger partial charge in [0.15, 0.2) is 0 Å². The normalized spacial score (nSPS) is 10.1. The Bertz CT molecular complexity index is 754. The molecule has 0 aliphatic carbocycles. The summed E-state index contributed by atoms with van der Waals surface area (Å²) in [6.07, 6.45) is 0. The Kier molecular flexibility index (Phi) is 5.42. The second-order valence-electron chi connectivity index (χ2n) is 5.21. The minimum absolute atomic E-state index is 0.297. The van der Waals surface area contributed by atoms with Gasteiger partial charge in [-0.3, -0.25) is 9.59 Å². The summed E-state index contributed by atoms with van der Waals surface area (Å²) in [5.74, 6) is 0.226. The Balaban J connectivity index is 2.21. The quantitative estimate of drug-likeness (QED) is 0.849. The summed E-state index contributed by atoms with van der Waals surface area (Å²) in [6.45, 7) is 2.01. The first-order valence-electron chi connectivity index (χ1n) is 7.36. The average Bonchev–Trinajstić information content (AvgIpc) is 2.59. The molecule has 24 heavy (non-hydrogen) atoms. The number of benzene rings is 2. The number of amides is 2. The van der Waals surface area contributed by atoms with Crippen molar-refractivity contribution in [2.75, 3.05) is 14.2 Å². The first-order valence-corrected chi connectivity index (χ1v) is 7.36. The molecule has 0 aliphatic rings. The van der Waals surface area contributed by atoms with Crippen LogP contribution in [0.25, 0.3) is 0 Å². The second kappa shape index (κ2) is 7.50. The van der Waals surface area contributed by atoms with Crippen molar-refractivity contribution < 1.29 is 19.1 Å². The van der Waals surface area contributed by atoms with Gasteiger partial charge in [-0.2, -0.15) is 0 Å². The summed E-state index contributed by atoms with van der Waals surface area (Å²) < 4.78 is 10.3. The van der Waals surface area contributed by atoms with Gasteiger partial charge in [-0.05, 0) is 42.3 Å². The lowest BCUT2D eigenvalue weighted by Gasteiger charge is -2.14. The Labute approximate surface area is 140 Å². The van der Waals surface area contributed by atoms with Crippen LogP contribution < -0.4 is 20.5 Å². The van der Waals surface area contributed by atoms with Crippen molar-refractivity contribution >= 4 is 11.8 Å². The molecule has 2 aromatic rings. The van der Waals surface area contributed by atoms with Gasteiger partial charge in [0.2, 0.25) is 5.91 Å². The van der Waals surface area contributed by atoms with Crippen LogP contribution in [0.3, 0.4) is 0 Å². The second-order valence-corrected chi connectivity index (χ2v) is 5.21. The number of carbonyl (C=O) groups is 2. The van der Waals surface area contributed by atoms with Crippen LogP contribution in [0.15, 0.2) is 36.4 Å². The van der Waals surface area contributed by atoms with Gasteiger partial charge in [-0.15, -0.1) is 0 Å². The average molecular weight is 328 g/mol. The van der Waals surface area contributed by atoms with Gasteiger partial charge in [-0.1, -0.05) is 12.1 Å². The monoisotopic (exact) mass is 328 g/mol. The highest BCUT2D eigenvalue weighted by molar-refractivity contribution is 6.03. The fourth-order valence-electron chi connectivity index (χ4n) is 2.42. The first kappa shape index (κ1) is 17.3. The molecule has 0 bridgehead atoms. The number of ether oxygens (including phenoxy) is 2. The molecule has 0 aliphatic heterocycles. The number of primary amides is 1. The maximum absolute atomic E-state index is 12.5. The van der Waals surface area contributed by atoms with E-state index in [9.17, 15) is 9.59 Å². The van der Waals surface area contributed by atoms with Crippen LogP contribution in [-0.4, -0.2) is 26.0 Å². The summed E-state index contributed by atoms with van der Waals surface area (Å²) in [4.78, 5) is 24.0. The summed E-state index contributed by atoms with van der Waals surface area (Å²) in [6, 6.07) is 10.5. The molecule has 0 saturated carbocycles. The van der Waals surface area contributed by atoms with E-state index in [2.05, 4.69) is 5.32 Å². The predicted octanol–water partition coefficient (Wildman–Crippen LogP) is 2.04. The summed E-state index contributed by atoms with van der Waals surface area (Å²) in [5, 5.41) is 2.82. The van der Waals surface area contributed by atoms with E-state index in [0.717, 1.165) is 11.3 Å². The van der Waals surface area contributed by atoms with E-state index in [1.54, 1.807) is 26.2 Å². The molecule has 6 nitrogen and oxygen atoms in total. The zero-order valence-electron chi connectivity index (χ0n) is 13.9. The SMILES string of the molecule is COc1ccc(CNC(=O)c2c(OC)ccc(C(N)=O)c2C)cc1. The Hall–Kier alpha value is -3.02. The summed E-state index contributed by atoms with van der Waals surface area (Å²) >= 11 is 0. The van der Waals surface area contributed by atoms with Crippen molar-refractivity contribution in [1.82, 2.24) is 5.32 Å². The number of rotatable bonds is 6. The fraction of sp³-hybridized carbons (Fsp3) is 0.222. The molecule has 0 saturated heterocycles. The molecule has 0 fully saturated rings. The Morgan fingerprint density at radius 1 is 1.04 bits per heavy atom. The number of carbonyl (C=O) groups excluding carboxylic acids is 2. The lowest BCUT2D eigenvalue weighted by atomic mass is 10.00. The van der Waals surface area contributed by atoms with Crippen LogP contribution in [0.2, 0.25) is 0 Å². The summed E-state index contributed by atoms with van der Waals surface area (Å²) in [5.41, 5.74) is 7.37. The molecular formula is C18H20N2O4. The Morgan fingerprint density at radius 3 is 2.25 bits per heavy atom. The van der Waals surface area contributed by atoms with E-state index in [-0.39, 0.29) is 5.91 Å². The third kappa shape index (κ3) is 3.65. The highest BCUT2D eigenvalue weighted by Crippen LogP contribution is 2.25. The molecule has 0 atom stereocenters. The van der Waals surface area contributed by atoms with Gasteiger partial charge in [-0.25, -0.2) is 0 Å². The maximum atomic E-state index is 12.5. The molecule has 2 aromatic carbocycles. The third-order valence-electron chi connectivity index (χ3n) is 3.75. The van der Waals surface area contributed by atoms with E-state index in [1.807, 2.05) is 24.3 Å². The van der Waals surface area contributed by atoms with E-state index in [4.69, 9.17) is 15.2 Å². The third-order valence-corrected chi connectivity index (χ3v) is 3.75. The first-order chi connectivity index (χ1) is 11.5. The van der Waals surface area contributed by atoms with Crippen molar-refractivity contribution in [2.24, 2.45) is 5.73 Å². The highest BCUT2D eigenvalue weighted by atomic mass is 16.5. The Morgan fingerprint density at radius 2 is 1.71 bits per heavy atom. The van der Waals surface area contributed by atoms with Crippen molar-refractivity contribution in [1.29, 1.82) is 0 Å². The topological polar surface area (TPSA) is 90.7 Å². The van der Waals surface area contributed by atoms with Crippen molar-refractivity contribution in [2.45, 2.75) is 13.5 Å². The lowest BCUT2D eigenvalue weighted by molar-refractivity contribution is 0.0947. The number of nitrogens with one attached hydrogen (secondary N) is 1. The number of methoxy groups -OCH3 is 2. The van der Waals surface area contributed by atoms with E-state index >= 15 is 0 Å².